The van der Waals surface area contributed by atoms with Crippen molar-refractivity contribution in [1.82, 2.24) is 53.2 Å². The molecule has 12 amide bonds. The number of benzene rings is 2. The van der Waals surface area contributed by atoms with Gasteiger partial charge in [0.2, 0.25) is 17.7 Å². The molecule has 0 aliphatic rings. The Hall–Kier alpha value is -7.13. The quantitative estimate of drug-likeness (QED) is 0.0358. The van der Waals surface area contributed by atoms with E-state index in [1.807, 2.05) is 27.7 Å². The van der Waals surface area contributed by atoms with Crippen LogP contribution in [0.4, 0.5) is 4.79 Å². The fourth-order valence-corrected chi connectivity index (χ4v) is 7.54. The van der Waals surface area contributed by atoms with Gasteiger partial charge in [-0.2, -0.15) is 0 Å². The Morgan fingerprint density at radius 1 is 0.468 bits per heavy atom. The molecule has 2 aromatic carbocycles. The number of carbonyl (C=O) groups excluding carboxylic acids is 12. The fraction of sp³-hybridized carbons (Fsp3) is 0.520. The fourth-order valence-electron chi connectivity index (χ4n) is 7.14. The summed E-state index contributed by atoms with van der Waals surface area (Å²) in [4.78, 5) is 157. The third-order valence-electron chi connectivity index (χ3n) is 10.7. The van der Waals surface area contributed by atoms with Crippen LogP contribution >= 0.6 is 15.4 Å². The van der Waals surface area contributed by atoms with Crippen LogP contribution in [0, 0.1) is 11.8 Å². The Balaban J connectivity index is 2.26. The third-order valence-corrected chi connectivity index (χ3v) is 11.4. The molecule has 79 heavy (non-hydrogen) atoms. The van der Waals surface area contributed by atoms with Crippen LogP contribution < -0.4 is 53.2 Å². The van der Waals surface area contributed by atoms with E-state index in [9.17, 15) is 57.5 Å². The summed E-state index contributed by atoms with van der Waals surface area (Å²) in [7, 11) is 10.4. The van der Waals surface area contributed by atoms with Gasteiger partial charge in [0.05, 0.1) is 0 Å². The topological polar surface area (TPSA) is 359 Å². The number of ether oxygens (including phenoxy) is 1. The standard InChI is InChI=1S/C50H70B2N12O13P2/c1-29(2)20-34(45(72)55-27-42(69)63-78-51)61-47(74)36(22-31-14-10-8-11-15-31)59-39(66)24-53-38(65)19-18-33(58-41(68)26-57-49(76)77-50(5,6)7)44(71)54-25-40(67)60-37(23-32-16-12-9-13-17-32)48(75)62-35(21-30(3)4)46(73)56-28-43(70)64-79-52/h8-17,29-30,33-37H,18-28H2,1-7H3,(H,53,65)(H,54,71)(H,55,72)(H,56,73)(H,57,76)(H,58,68)(H,59,66)(H,60,67)(H,61,74)(H,62,75). The molecule has 0 heterocycles. The molecular weight excluding hydrogens is 1060 g/mol. The summed E-state index contributed by atoms with van der Waals surface area (Å²) in [6.45, 7) is 9.07. The van der Waals surface area contributed by atoms with Crippen molar-refractivity contribution in [2.75, 3.05) is 32.7 Å². The second kappa shape index (κ2) is 36.1. The van der Waals surface area contributed by atoms with E-state index >= 15 is 0 Å². The van der Waals surface area contributed by atoms with Gasteiger partial charge in [-0.05, 0) is 27.2 Å². The van der Waals surface area contributed by atoms with E-state index < -0.39 is 152 Å². The maximum atomic E-state index is 13.8. The first kappa shape index (κ1) is 68.0. The average Bonchev–Trinajstić information content (AvgIpc) is 3.38. The molecule has 5 unspecified atom stereocenters. The zero-order chi connectivity index (χ0) is 59.1. The Morgan fingerprint density at radius 2 is 0.835 bits per heavy atom. The number of hydrogen-bond acceptors (Lipinski definition) is 13. The normalized spacial score (nSPS) is 12.8. The summed E-state index contributed by atoms with van der Waals surface area (Å²) >= 11 is 0. The molecule has 0 spiro atoms. The molecule has 0 aliphatic heterocycles. The summed E-state index contributed by atoms with van der Waals surface area (Å²) in [5.74, 6) is -8.73. The molecule has 25 nitrogen and oxygen atoms in total. The molecule has 0 aliphatic carbocycles. The van der Waals surface area contributed by atoms with Crippen molar-refractivity contribution in [2.24, 2.45) is 21.3 Å². The second-order valence-corrected chi connectivity index (χ2v) is 20.5. The van der Waals surface area contributed by atoms with Gasteiger partial charge in [-0.1, -0.05) is 36.4 Å². The molecule has 424 valence electrons. The summed E-state index contributed by atoms with van der Waals surface area (Å²) in [6, 6.07) is 10.9. The molecule has 0 bridgehead atoms. The van der Waals surface area contributed by atoms with Crippen molar-refractivity contribution < 1.29 is 62.3 Å². The van der Waals surface area contributed by atoms with E-state index in [4.69, 9.17) is 18.8 Å². The number of alkyl carbamates (subject to hydrolysis) is 1. The van der Waals surface area contributed by atoms with Gasteiger partial charge in [-0.15, -0.1) is 0 Å². The van der Waals surface area contributed by atoms with Crippen molar-refractivity contribution in [1.29, 1.82) is 0 Å². The Kier molecular flexibility index (Phi) is 31.1. The van der Waals surface area contributed by atoms with E-state index in [1.165, 1.54) is 0 Å². The molecule has 0 fully saturated rings. The second-order valence-electron chi connectivity index (χ2n) is 19.7. The van der Waals surface area contributed by atoms with Crippen LogP contribution in [0.2, 0.25) is 0 Å². The van der Waals surface area contributed by atoms with Crippen molar-refractivity contribution >= 4 is 100 Å². The number of carbonyl (C=O) groups is 12. The minimum atomic E-state index is -1.52. The third kappa shape index (κ3) is 30.0. The van der Waals surface area contributed by atoms with Gasteiger partial charge in [-0.3, -0.25) is 14.4 Å². The number of hydrogen-bond donors (Lipinski definition) is 10. The molecule has 0 aromatic heterocycles. The first-order valence-electron chi connectivity index (χ1n) is 25.2. The van der Waals surface area contributed by atoms with Crippen LogP contribution in [0.5, 0.6) is 0 Å². The molecule has 0 saturated heterocycles. The van der Waals surface area contributed by atoms with Gasteiger partial charge >= 0.3 is 313 Å². The van der Waals surface area contributed by atoms with Crippen LogP contribution in [0.15, 0.2) is 70.2 Å². The first-order chi connectivity index (χ1) is 37.3. The van der Waals surface area contributed by atoms with Gasteiger partial charge in [0.25, 0.3) is 0 Å². The van der Waals surface area contributed by atoms with Crippen LogP contribution in [0.25, 0.3) is 0 Å². The van der Waals surface area contributed by atoms with E-state index in [2.05, 4.69) is 62.7 Å². The van der Waals surface area contributed by atoms with Gasteiger partial charge in [0.1, 0.15) is 18.2 Å². The number of rotatable bonds is 31. The van der Waals surface area contributed by atoms with Crippen LogP contribution in [-0.2, 0) is 70.3 Å². The first-order valence-corrected chi connectivity index (χ1v) is 27.0. The summed E-state index contributed by atoms with van der Waals surface area (Å²) < 4.78 is 12.1. The molecule has 2 aromatic rings. The van der Waals surface area contributed by atoms with Crippen LogP contribution in [0.3, 0.4) is 0 Å². The van der Waals surface area contributed by atoms with Crippen molar-refractivity contribution in [3.63, 3.8) is 0 Å². The van der Waals surface area contributed by atoms with E-state index in [-0.39, 0.29) is 52.9 Å². The van der Waals surface area contributed by atoms with Crippen LogP contribution in [-0.4, -0.2) is 154 Å². The summed E-state index contributed by atoms with van der Waals surface area (Å²) in [5.41, 5.74) is 0.364. The van der Waals surface area contributed by atoms with Crippen molar-refractivity contribution in [3.8, 4) is 0 Å². The SMILES string of the molecule is B#P=NC(=O)CNC(=O)C(CC(C)C)NC(=O)C(Cc1ccccc1)NC(=O)CNC(=O)CCC(NC(=O)CNC(=O)OC(C)(C)C)C(=O)NCC(=O)NC(Cc1ccccc1)C(=O)NC(CC(C)C)C(=O)NCC(=O)N=P#B. The molecular formula is C50H70B2N12O13P2. The number of amides is 12. The zero-order valence-corrected chi connectivity index (χ0v) is 47.1. The van der Waals surface area contributed by atoms with Crippen molar-refractivity contribution in [3.05, 3.63) is 71.8 Å². The average molecular weight is 1130 g/mol. The van der Waals surface area contributed by atoms with Gasteiger partial charge in [0, 0.05) is 6.42 Å². The minimum absolute atomic E-state index is 0.0253. The van der Waals surface area contributed by atoms with Gasteiger partial charge in [-0.25, -0.2) is 4.79 Å². The molecule has 29 heteroatoms. The molecule has 2 rings (SSSR count). The molecule has 10 N–H and O–H groups in total. The summed E-state index contributed by atoms with van der Waals surface area (Å²) in [5, 5.41) is 24.8. The Bertz CT molecular complexity index is 2700. The predicted octanol–water partition coefficient (Wildman–Crippen LogP) is 0.238. The predicted molar refractivity (Wildman–Crippen MR) is 295 cm³/mol. The monoisotopic (exact) mass is 1130 g/mol. The van der Waals surface area contributed by atoms with E-state index in [1.54, 1.807) is 81.4 Å². The van der Waals surface area contributed by atoms with E-state index in [0.717, 1.165) is 0 Å². The zero-order valence-electron chi connectivity index (χ0n) is 45.3. The van der Waals surface area contributed by atoms with E-state index in [0.29, 0.717) is 11.1 Å². The van der Waals surface area contributed by atoms with Gasteiger partial charge < -0.3 is 26.0 Å². The number of nitrogens with zero attached hydrogens (tertiary/aromatic N) is 2. The molecule has 0 radical (unpaired) electrons. The molecule has 0 saturated carbocycles. The molecule has 5 atom stereocenters. The summed E-state index contributed by atoms with van der Waals surface area (Å²) in [6.07, 6.45) is -1.59. The Labute approximate surface area is 463 Å². The maximum absolute atomic E-state index is 13.8. The number of nitrogens with one attached hydrogen (secondary N) is 10. The van der Waals surface area contributed by atoms with Gasteiger partial charge in [0.15, 0.2) is 0 Å². The van der Waals surface area contributed by atoms with Crippen LogP contribution in [0.1, 0.15) is 85.3 Å². The van der Waals surface area contributed by atoms with Crippen molar-refractivity contribution in [2.45, 2.75) is 123 Å². The Morgan fingerprint density at radius 3 is 1.23 bits per heavy atom.